The number of nitrogens with zero attached hydrogens (tertiary/aromatic N) is 2. The summed E-state index contributed by atoms with van der Waals surface area (Å²) in [6, 6.07) is 8.35. The van der Waals surface area contributed by atoms with Gasteiger partial charge in [0.2, 0.25) is 5.91 Å². The number of aliphatic hydroxyl groups excluding tert-OH is 1. The van der Waals surface area contributed by atoms with Gasteiger partial charge in [-0.05, 0) is 31.7 Å². The minimum absolute atomic E-state index is 0.179. The van der Waals surface area contributed by atoms with Gasteiger partial charge in [-0.25, -0.2) is 0 Å². The molecule has 0 bridgehead atoms. The van der Waals surface area contributed by atoms with Crippen LogP contribution in [0.4, 0.5) is 5.69 Å². The molecule has 1 aliphatic heterocycles. The molecule has 1 aliphatic carbocycles. The smallest absolute Gasteiger partial charge is 0.242 e. The van der Waals surface area contributed by atoms with E-state index in [1.165, 1.54) is 0 Å². The zero-order chi connectivity index (χ0) is 14.1. The van der Waals surface area contributed by atoms with E-state index >= 15 is 0 Å². The molecule has 0 spiro atoms. The van der Waals surface area contributed by atoms with E-state index < -0.39 is 6.10 Å². The van der Waals surface area contributed by atoms with E-state index in [1.54, 1.807) is 0 Å². The average Bonchev–Trinajstić information content (AvgIpc) is 3.29. The largest absolute Gasteiger partial charge is 0.388 e. The Bertz CT molecular complexity index is 499. The van der Waals surface area contributed by atoms with E-state index in [0.717, 1.165) is 43.5 Å². The lowest BCUT2D eigenvalue weighted by Gasteiger charge is -2.27. The summed E-state index contributed by atoms with van der Waals surface area (Å²) in [5.41, 5.74) is 1.96. The van der Waals surface area contributed by atoms with Crippen molar-refractivity contribution in [3.05, 3.63) is 29.8 Å². The zero-order valence-electron chi connectivity index (χ0n) is 12.0. The number of hydrogen-bond donors (Lipinski definition) is 1. The summed E-state index contributed by atoms with van der Waals surface area (Å²) in [7, 11) is 1.90. The Balaban J connectivity index is 1.78. The molecule has 1 heterocycles. The topological polar surface area (TPSA) is 43.8 Å². The number of likely N-dealkylation sites (N-methyl/N-ethyl adjacent to an activating group) is 1. The van der Waals surface area contributed by atoms with E-state index in [4.69, 9.17) is 0 Å². The molecule has 1 unspecified atom stereocenters. The third-order valence-electron chi connectivity index (χ3n) is 4.36. The highest BCUT2D eigenvalue weighted by atomic mass is 16.3. The van der Waals surface area contributed by atoms with Crippen LogP contribution in [0.25, 0.3) is 0 Å². The van der Waals surface area contributed by atoms with Crippen LogP contribution in [0.2, 0.25) is 0 Å². The van der Waals surface area contributed by atoms with Crippen LogP contribution < -0.4 is 4.90 Å². The van der Waals surface area contributed by atoms with Crippen LogP contribution >= 0.6 is 0 Å². The van der Waals surface area contributed by atoms with E-state index in [-0.39, 0.29) is 5.91 Å². The van der Waals surface area contributed by atoms with Crippen molar-refractivity contribution in [2.45, 2.75) is 37.8 Å². The van der Waals surface area contributed by atoms with Gasteiger partial charge in [0, 0.05) is 30.9 Å². The predicted molar refractivity (Wildman–Crippen MR) is 78.6 cm³/mol. The Morgan fingerprint density at radius 1 is 1.35 bits per heavy atom. The fourth-order valence-electron chi connectivity index (χ4n) is 2.91. The third kappa shape index (κ3) is 2.66. The number of amides is 1. The van der Waals surface area contributed by atoms with Crippen LogP contribution in [0.1, 0.15) is 37.4 Å². The highest BCUT2D eigenvalue weighted by Gasteiger charge is 2.31. The maximum atomic E-state index is 12.3. The Morgan fingerprint density at radius 3 is 2.85 bits per heavy atom. The van der Waals surface area contributed by atoms with Gasteiger partial charge in [0.05, 0.1) is 12.6 Å². The van der Waals surface area contributed by atoms with Crippen LogP contribution in [-0.2, 0) is 4.79 Å². The lowest BCUT2D eigenvalue weighted by Crippen LogP contribution is -2.39. The van der Waals surface area contributed by atoms with Gasteiger partial charge in [0.15, 0.2) is 0 Å². The highest BCUT2D eigenvalue weighted by Crippen LogP contribution is 2.33. The second kappa shape index (κ2) is 5.44. The molecule has 1 N–H and O–H groups in total. The van der Waals surface area contributed by atoms with Crippen LogP contribution in [-0.4, -0.2) is 42.1 Å². The number of para-hydroxylation sites is 1. The molecule has 3 rings (SSSR count). The number of carbonyl (C=O) groups excluding carboxylic acids is 1. The normalized spacial score (nSPS) is 22.1. The lowest BCUT2D eigenvalue weighted by molar-refractivity contribution is -0.128. The highest BCUT2D eigenvalue weighted by molar-refractivity contribution is 5.82. The van der Waals surface area contributed by atoms with Crippen molar-refractivity contribution in [1.29, 1.82) is 0 Å². The van der Waals surface area contributed by atoms with Crippen molar-refractivity contribution in [3.8, 4) is 0 Å². The fraction of sp³-hybridized carbons (Fsp3) is 0.562. The quantitative estimate of drug-likeness (QED) is 0.916. The Hall–Kier alpha value is -1.55. The standard InChI is InChI=1S/C16H22N2O2/c1-17(12-8-9-12)16(20)11-18-10-4-7-15(19)13-5-2-3-6-14(13)18/h2-3,5-6,12,15,19H,4,7-11H2,1H3. The van der Waals surface area contributed by atoms with Crippen molar-refractivity contribution in [3.63, 3.8) is 0 Å². The summed E-state index contributed by atoms with van der Waals surface area (Å²) in [4.78, 5) is 16.3. The molecule has 1 fully saturated rings. The molecule has 108 valence electrons. The van der Waals surface area contributed by atoms with Gasteiger partial charge in [-0.3, -0.25) is 4.79 Å². The summed E-state index contributed by atoms with van der Waals surface area (Å²) in [6.45, 7) is 1.25. The van der Waals surface area contributed by atoms with Crippen LogP contribution in [0.3, 0.4) is 0 Å². The second-order valence-corrected chi connectivity index (χ2v) is 5.87. The summed E-state index contributed by atoms with van der Waals surface area (Å²) < 4.78 is 0. The Labute approximate surface area is 120 Å². The minimum Gasteiger partial charge on any atom is -0.388 e. The molecule has 4 nitrogen and oxygen atoms in total. The number of carbonyl (C=O) groups is 1. The van der Waals surface area contributed by atoms with Gasteiger partial charge in [0.1, 0.15) is 0 Å². The molecule has 4 heteroatoms. The van der Waals surface area contributed by atoms with Crippen molar-refractivity contribution in [2.24, 2.45) is 0 Å². The fourth-order valence-corrected chi connectivity index (χ4v) is 2.91. The molecule has 20 heavy (non-hydrogen) atoms. The van der Waals surface area contributed by atoms with Crippen LogP contribution in [0.5, 0.6) is 0 Å². The van der Waals surface area contributed by atoms with E-state index in [9.17, 15) is 9.90 Å². The molecule has 1 atom stereocenters. The number of hydrogen-bond acceptors (Lipinski definition) is 3. The number of rotatable bonds is 3. The third-order valence-corrected chi connectivity index (χ3v) is 4.36. The maximum Gasteiger partial charge on any atom is 0.242 e. The van der Waals surface area contributed by atoms with Crippen LogP contribution in [0.15, 0.2) is 24.3 Å². The van der Waals surface area contributed by atoms with Gasteiger partial charge < -0.3 is 14.9 Å². The van der Waals surface area contributed by atoms with Gasteiger partial charge in [-0.15, -0.1) is 0 Å². The van der Waals surface area contributed by atoms with Gasteiger partial charge in [-0.1, -0.05) is 18.2 Å². The molecule has 1 saturated carbocycles. The number of aliphatic hydroxyl groups is 1. The van der Waals surface area contributed by atoms with Crippen molar-refractivity contribution in [1.82, 2.24) is 4.90 Å². The Morgan fingerprint density at radius 2 is 2.10 bits per heavy atom. The first-order valence-corrected chi connectivity index (χ1v) is 7.44. The minimum atomic E-state index is -0.410. The number of benzene rings is 1. The summed E-state index contributed by atoms with van der Waals surface area (Å²) in [6.07, 6.45) is 3.54. The monoisotopic (exact) mass is 274 g/mol. The van der Waals surface area contributed by atoms with E-state index in [2.05, 4.69) is 4.90 Å². The first kappa shape index (κ1) is 13.4. The van der Waals surface area contributed by atoms with Gasteiger partial charge >= 0.3 is 0 Å². The molecule has 1 amide bonds. The van der Waals surface area contributed by atoms with E-state index in [1.807, 2.05) is 36.2 Å². The van der Waals surface area contributed by atoms with Gasteiger partial charge in [0.25, 0.3) is 0 Å². The summed E-state index contributed by atoms with van der Waals surface area (Å²) >= 11 is 0. The maximum absolute atomic E-state index is 12.3. The average molecular weight is 274 g/mol. The van der Waals surface area contributed by atoms with Crippen molar-refractivity contribution >= 4 is 11.6 Å². The first-order chi connectivity index (χ1) is 9.66. The summed E-state index contributed by atoms with van der Waals surface area (Å²) in [5.74, 6) is 0.179. The number of fused-ring (bicyclic) bond motifs is 1. The zero-order valence-corrected chi connectivity index (χ0v) is 12.0. The lowest BCUT2D eigenvalue weighted by atomic mass is 10.0. The molecule has 0 aromatic heterocycles. The van der Waals surface area contributed by atoms with Crippen LogP contribution in [0, 0.1) is 0 Å². The molecule has 0 saturated heterocycles. The summed E-state index contributed by atoms with van der Waals surface area (Å²) in [5, 5.41) is 10.2. The second-order valence-electron chi connectivity index (χ2n) is 5.87. The molecular weight excluding hydrogens is 252 g/mol. The van der Waals surface area contributed by atoms with Gasteiger partial charge in [-0.2, -0.15) is 0 Å². The van der Waals surface area contributed by atoms with Crippen molar-refractivity contribution < 1.29 is 9.90 Å². The molecule has 1 aromatic carbocycles. The molecule has 0 radical (unpaired) electrons. The van der Waals surface area contributed by atoms with E-state index in [0.29, 0.717) is 12.6 Å². The predicted octanol–water partition coefficient (Wildman–Crippen LogP) is 1.94. The molecule has 1 aromatic rings. The molecule has 2 aliphatic rings. The Kier molecular flexibility index (Phi) is 3.66. The SMILES string of the molecule is CN(C(=O)CN1CCCC(O)c2ccccc21)C1CC1. The van der Waals surface area contributed by atoms with Crippen molar-refractivity contribution in [2.75, 3.05) is 25.0 Å². The first-order valence-electron chi connectivity index (χ1n) is 7.44. The molecular formula is C16H22N2O2. The number of anilines is 1.